The molecule has 1 aromatic carbocycles. The number of ether oxygens (including phenoxy) is 1. The topological polar surface area (TPSA) is 60.5 Å². The second-order valence-electron chi connectivity index (χ2n) is 9.25. The minimum atomic E-state index is -0.714. The van der Waals surface area contributed by atoms with Crippen LogP contribution in [0.3, 0.4) is 0 Å². The number of amides is 1. The van der Waals surface area contributed by atoms with Crippen LogP contribution in [0.1, 0.15) is 64.1 Å². The van der Waals surface area contributed by atoms with Crippen molar-refractivity contribution in [3.63, 3.8) is 0 Å². The van der Waals surface area contributed by atoms with Crippen LogP contribution < -0.4 is 5.73 Å². The average molecular weight is 398 g/mol. The molecule has 2 aliphatic rings. The molecule has 1 saturated carbocycles. The maximum absolute atomic E-state index is 11.1. The van der Waals surface area contributed by atoms with Gasteiger partial charge in [0.2, 0.25) is 0 Å². The van der Waals surface area contributed by atoms with Gasteiger partial charge in [-0.25, -0.2) is 4.79 Å². The number of hydrogen-bond donors (Lipinski definition) is 1. The lowest BCUT2D eigenvalue weighted by atomic mass is 9.79. The van der Waals surface area contributed by atoms with E-state index in [9.17, 15) is 4.79 Å². The highest BCUT2D eigenvalue weighted by atomic mass is 16.5. The van der Waals surface area contributed by atoms with Crippen molar-refractivity contribution in [3.8, 4) is 0 Å². The third-order valence-corrected chi connectivity index (χ3v) is 7.25. The predicted octanol–water partition coefficient (Wildman–Crippen LogP) is 5.09. The van der Waals surface area contributed by atoms with Gasteiger partial charge in [0.15, 0.2) is 0 Å². The Morgan fingerprint density at radius 1 is 1.07 bits per heavy atom. The lowest BCUT2D eigenvalue weighted by molar-refractivity contribution is 0.0876. The van der Waals surface area contributed by atoms with Gasteiger partial charge >= 0.3 is 6.09 Å². The van der Waals surface area contributed by atoms with Crippen LogP contribution in [-0.2, 0) is 11.3 Å². The molecule has 1 amide bonds. The van der Waals surface area contributed by atoms with E-state index in [0.29, 0.717) is 6.04 Å². The molecule has 5 nitrogen and oxygen atoms in total. The van der Waals surface area contributed by atoms with Crippen molar-refractivity contribution in [1.29, 1.82) is 0 Å². The summed E-state index contributed by atoms with van der Waals surface area (Å²) in [5, 5.41) is 1.20. The molecule has 2 aromatic rings. The molecule has 1 saturated heterocycles. The van der Waals surface area contributed by atoms with Crippen molar-refractivity contribution in [2.45, 2.75) is 71.1 Å². The molecule has 1 aliphatic heterocycles. The van der Waals surface area contributed by atoms with Crippen LogP contribution in [0.5, 0.6) is 0 Å². The van der Waals surface area contributed by atoms with E-state index in [-0.39, 0.29) is 6.61 Å². The average Bonchev–Trinajstić information content (AvgIpc) is 3.11. The van der Waals surface area contributed by atoms with Crippen molar-refractivity contribution in [2.24, 2.45) is 17.6 Å². The molecule has 2 N–H and O–H groups in total. The van der Waals surface area contributed by atoms with Gasteiger partial charge in [-0.2, -0.15) is 0 Å². The SMILES string of the molecule is CC(C)[C@H]1CC[C@@H](N2CCC(n3c(COC(N)=O)cc4ccccc43)CC2)CC1. The van der Waals surface area contributed by atoms with Crippen LogP contribution in [0.2, 0.25) is 0 Å². The largest absolute Gasteiger partial charge is 0.443 e. The summed E-state index contributed by atoms with van der Waals surface area (Å²) in [6.07, 6.45) is 7.07. The van der Waals surface area contributed by atoms with Crippen molar-refractivity contribution in [2.75, 3.05) is 13.1 Å². The summed E-state index contributed by atoms with van der Waals surface area (Å²) in [5.41, 5.74) is 7.49. The highest BCUT2D eigenvalue weighted by Gasteiger charge is 2.31. The maximum atomic E-state index is 11.1. The molecule has 2 fully saturated rings. The number of rotatable bonds is 5. The Kier molecular flexibility index (Phi) is 6.14. The Balaban J connectivity index is 1.44. The summed E-state index contributed by atoms with van der Waals surface area (Å²) in [6, 6.07) is 11.8. The summed E-state index contributed by atoms with van der Waals surface area (Å²) < 4.78 is 7.54. The monoisotopic (exact) mass is 397 g/mol. The van der Waals surface area contributed by atoms with Gasteiger partial charge in [-0.3, -0.25) is 0 Å². The molecule has 1 aromatic heterocycles. The number of nitrogens with two attached hydrogens (primary N) is 1. The number of hydrogen-bond acceptors (Lipinski definition) is 3. The van der Waals surface area contributed by atoms with Crippen molar-refractivity contribution < 1.29 is 9.53 Å². The fraction of sp³-hybridized carbons (Fsp3) is 0.625. The fourth-order valence-electron chi connectivity index (χ4n) is 5.56. The third kappa shape index (κ3) is 4.45. The highest BCUT2D eigenvalue weighted by molar-refractivity contribution is 5.81. The van der Waals surface area contributed by atoms with Gasteiger partial charge in [0, 0.05) is 30.7 Å². The summed E-state index contributed by atoms with van der Waals surface area (Å²) in [7, 11) is 0. The minimum absolute atomic E-state index is 0.240. The number of para-hydroxylation sites is 1. The molecular weight excluding hydrogens is 362 g/mol. The van der Waals surface area contributed by atoms with Gasteiger partial charge in [0.25, 0.3) is 0 Å². The van der Waals surface area contributed by atoms with E-state index < -0.39 is 6.09 Å². The van der Waals surface area contributed by atoms with Crippen LogP contribution >= 0.6 is 0 Å². The van der Waals surface area contributed by atoms with Gasteiger partial charge in [-0.05, 0) is 67.9 Å². The standard InChI is InChI=1S/C24H35N3O2/c1-17(2)18-7-9-20(10-8-18)26-13-11-21(12-14-26)27-22(16-29-24(25)28)15-19-5-3-4-6-23(19)27/h3-6,15,17-18,20-21H,7-14,16H2,1-2H3,(H2,25,28)/t18-,20+. The molecule has 2 heterocycles. The van der Waals surface area contributed by atoms with E-state index >= 15 is 0 Å². The lowest BCUT2D eigenvalue weighted by Crippen LogP contribution is -2.44. The molecule has 0 atom stereocenters. The summed E-state index contributed by atoms with van der Waals surface area (Å²) in [5.74, 6) is 1.74. The Morgan fingerprint density at radius 2 is 1.76 bits per heavy atom. The molecule has 29 heavy (non-hydrogen) atoms. The number of carbonyl (C=O) groups excluding carboxylic acids is 1. The highest BCUT2D eigenvalue weighted by Crippen LogP contribution is 2.36. The van der Waals surface area contributed by atoms with E-state index in [1.165, 1.54) is 36.6 Å². The molecule has 4 rings (SSSR count). The van der Waals surface area contributed by atoms with Crippen LogP contribution in [0.4, 0.5) is 4.79 Å². The molecule has 5 heteroatoms. The van der Waals surface area contributed by atoms with E-state index in [1.54, 1.807) is 0 Å². The fourth-order valence-corrected chi connectivity index (χ4v) is 5.56. The predicted molar refractivity (Wildman–Crippen MR) is 117 cm³/mol. The molecule has 0 unspecified atom stereocenters. The number of benzene rings is 1. The zero-order valence-corrected chi connectivity index (χ0v) is 17.8. The van der Waals surface area contributed by atoms with E-state index in [0.717, 1.165) is 49.5 Å². The second-order valence-corrected chi connectivity index (χ2v) is 9.25. The smallest absolute Gasteiger partial charge is 0.404 e. The van der Waals surface area contributed by atoms with Crippen molar-refractivity contribution >= 4 is 17.0 Å². The number of likely N-dealkylation sites (tertiary alicyclic amines) is 1. The number of nitrogens with zero attached hydrogens (tertiary/aromatic N) is 2. The summed E-state index contributed by atoms with van der Waals surface area (Å²) in [4.78, 5) is 13.9. The number of fused-ring (bicyclic) bond motifs is 1. The van der Waals surface area contributed by atoms with Gasteiger partial charge < -0.3 is 19.9 Å². The van der Waals surface area contributed by atoms with Crippen LogP contribution in [0.15, 0.2) is 30.3 Å². The summed E-state index contributed by atoms with van der Waals surface area (Å²) in [6.45, 7) is 7.30. The number of piperidine rings is 1. The first-order valence-electron chi connectivity index (χ1n) is 11.3. The van der Waals surface area contributed by atoms with E-state index in [1.807, 2.05) is 0 Å². The number of aromatic nitrogens is 1. The molecule has 158 valence electrons. The molecule has 1 aliphatic carbocycles. The number of primary amides is 1. The molecular formula is C24H35N3O2. The van der Waals surface area contributed by atoms with Crippen LogP contribution in [0, 0.1) is 11.8 Å². The Morgan fingerprint density at radius 3 is 2.41 bits per heavy atom. The minimum Gasteiger partial charge on any atom is -0.443 e. The first kappa shape index (κ1) is 20.3. The van der Waals surface area contributed by atoms with Gasteiger partial charge in [-0.1, -0.05) is 32.0 Å². The molecule has 0 bridgehead atoms. The Hall–Kier alpha value is -2.01. The maximum Gasteiger partial charge on any atom is 0.404 e. The second kappa shape index (κ2) is 8.78. The van der Waals surface area contributed by atoms with Gasteiger partial charge in [0.05, 0.1) is 5.69 Å². The molecule has 0 radical (unpaired) electrons. The van der Waals surface area contributed by atoms with Gasteiger partial charge in [-0.15, -0.1) is 0 Å². The van der Waals surface area contributed by atoms with Crippen LogP contribution in [-0.4, -0.2) is 34.7 Å². The molecule has 0 spiro atoms. The first-order chi connectivity index (χ1) is 14.0. The van der Waals surface area contributed by atoms with Crippen molar-refractivity contribution in [1.82, 2.24) is 9.47 Å². The number of carbonyl (C=O) groups is 1. The van der Waals surface area contributed by atoms with Gasteiger partial charge in [0.1, 0.15) is 6.61 Å². The quantitative estimate of drug-likeness (QED) is 0.764. The van der Waals surface area contributed by atoms with E-state index in [2.05, 4.69) is 53.6 Å². The summed E-state index contributed by atoms with van der Waals surface area (Å²) >= 11 is 0. The third-order valence-electron chi connectivity index (χ3n) is 7.25. The van der Waals surface area contributed by atoms with Crippen LogP contribution in [0.25, 0.3) is 10.9 Å². The zero-order valence-electron chi connectivity index (χ0n) is 17.8. The lowest BCUT2D eigenvalue weighted by Gasteiger charge is -2.42. The van der Waals surface area contributed by atoms with E-state index in [4.69, 9.17) is 10.5 Å². The Labute approximate surface area is 174 Å². The normalized spacial score (nSPS) is 24.2. The Bertz CT molecular complexity index is 828. The zero-order chi connectivity index (χ0) is 20.4. The van der Waals surface area contributed by atoms with Crippen molar-refractivity contribution in [3.05, 3.63) is 36.0 Å². The first-order valence-corrected chi connectivity index (χ1v) is 11.3.